The third-order valence-electron chi connectivity index (χ3n) is 5.97. The number of piperazine rings is 1. The Morgan fingerprint density at radius 3 is 2.71 bits per heavy atom. The number of nitrogens with one attached hydrogen (secondary N) is 1. The second-order valence-electron chi connectivity index (χ2n) is 7.98. The molecular formula is C22H26F2N4O2S. The lowest BCUT2D eigenvalue weighted by Gasteiger charge is -2.34. The molecule has 1 saturated heterocycles. The summed E-state index contributed by atoms with van der Waals surface area (Å²) in [6.07, 6.45) is 2.59. The lowest BCUT2D eigenvalue weighted by atomic mass is 9.90. The van der Waals surface area contributed by atoms with E-state index in [-0.39, 0.29) is 29.8 Å². The molecule has 1 aromatic heterocycles. The minimum atomic E-state index is -0.654. The summed E-state index contributed by atoms with van der Waals surface area (Å²) in [4.78, 5) is 34.5. The van der Waals surface area contributed by atoms with Gasteiger partial charge in [-0.2, -0.15) is 0 Å². The van der Waals surface area contributed by atoms with Crippen LogP contribution in [0.25, 0.3) is 0 Å². The Labute approximate surface area is 184 Å². The molecule has 1 N–H and O–H groups in total. The molecule has 1 aliphatic carbocycles. The number of hydrogen-bond donors (Lipinski definition) is 1. The Balaban J connectivity index is 1.33. The quantitative estimate of drug-likeness (QED) is 0.764. The van der Waals surface area contributed by atoms with E-state index >= 15 is 0 Å². The summed E-state index contributed by atoms with van der Waals surface area (Å²) in [5.74, 6) is -1.39. The molecule has 1 unspecified atom stereocenters. The monoisotopic (exact) mass is 448 g/mol. The number of nitrogens with zero attached hydrogens (tertiary/aromatic N) is 3. The SMILES string of the molecule is CCC(=O)N1CCN(c2nc3c(s2)CC(C(=O)NCc2ccc(F)cc2F)CC3)CC1. The summed E-state index contributed by atoms with van der Waals surface area (Å²) in [5, 5.41) is 3.75. The molecule has 2 aromatic rings. The Morgan fingerprint density at radius 2 is 2.00 bits per heavy atom. The number of aromatic nitrogens is 1. The van der Waals surface area contributed by atoms with Gasteiger partial charge in [-0.05, 0) is 25.3 Å². The van der Waals surface area contributed by atoms with Gasteiger partial charge in [-0.1, -0.05) is 13.0 Å². The van der Waals surface area contributed by atoms with Gasteiger partial charge in [0.25, 0.3) is 0 Å². The van der Waals surface area contributed by atoms with Crippen molar-refractivity contribution < 1.29 is 18.4 Å². The van der Waals surface area contributed by atoms with Crippen molar-refractivity contribution in [3.8, 4) is 0 Å². The van der Waals surface area contributed by atoms with Crippen LogP contribution in [-0.2, 0) is 29.0 Å². The van der Waals surface area contributed by atoms with Gasteiger partial charge in [-0.25, -0.2) is 13.8 Å². The molecule has 0 radical (unpaired) electrons. The van der Waals surface area contributed by atoms with Crippen LogP contribution in [0.3, 0.4) is 0 Å². The summed E-state index contributed by atoms with van der Waals surface area (Å²) in [6.45, 7) is 4.88. The number of halogens is 2. The van der Waals surface area contributed by atoms with Crippen molar-refractivity contribution in [3.05, 3.63) is 46.0 Å². The van der Waals surface area contributed by atoms with Gasteiger partial charge >= 0.3 is 0 Å². The van der Waals surface area contributed by atoms with E-state index in [1.807, 2.05) is 11.8 Å². The summed E-state index contributed by atoms with van der Waals surface area (Å²) < 4.78 is 26.8. The summed E-state index contributed by atoms with van der Waals surface area (Å²) in [7, 11) is 0. The average molecular weight is 449 g/mol. The van der Waals surface area contributed by atoms with Crippen molar-refractivity contribution >= 4 is 28.3 Å². The Kier molecular flexibility index (Phi) is 6.50. The maximum absolute atomic E-state index is 13.8. The average Bonchev–Trinajstić information content (AvgIpc) is 3.21. The molecule has 166 valence electrons. The number of fused-ring (bicyclic) bond motifs is 1. The first-order chi connectivity index (χ1) is 14.9. The number of hydrogen-bond acceptors (Lipinski definition) is 5. The van der Waals surface area contributed by atoms with Gasteiger partial charge in [0.15, 0.2) is 5.13 Å². The van der Waals surface area contributed by atoms with E-state index in [1.165, 1.54) is 12.1 Å². The molecule has 0 spiro atoms. The van der Waals surface area contributed by atoms with Crippen LogP contribution in [0.1, 0.15) is 35.9 Å². The third kappa shape index (κ3) is 4.87. The predicted molar refractivity (Wildman–Crippen MR) is 115 cm³/mol. The largest absolute Gasteiger partial charge is 0.352 e. The number of aryl methyl sites for hydroxylation is 1. The summed E-state index contributed by atoms with van der Waals surface area (Å²) in [6, 6.07) is 3.37. The normalized spacial score (nSPS) is 18.6. The first-order valence-corrected chi connectivity index (χ1v) is 11.5. The molecule has 31 heavy (non-hydrogen) atoms. The number of thiazole rings is 1. The minimum Gasteiger partial charge on any atom is -0.352 e. The molecular weight excluding hydrogens is 422 g/mol. The Hall–Kier alpha value is -2.55. The zero-order valence-electron chi connectivity index (χ0n) is 17.5. The van der Waals surface area contributed by atoms with E-state index in [2.05, 4.69) is 10.2 Å². The fraction of sp³-hybridized carbons (Fsp3) is 0.500. The van der Waals surface area contributed by atoms with Gasteiger partial charge in [-0.15, -0.1) is 11.3 Å². The van der Waals surface area contributed by atoms with Crippen LogP contribution in [0.15, 0.2) is 18.2 Å². The molecule has 1 aliphatic heterocycles. The van der Waals surface area contributed by atoms with Crippen molar-refractivity contribution in [3.63, 3.8) is 0 Å². The molecule has 0 bridgehead atoms. The molecule has 2 heterocycles. The molecule has 4 rings (SSSR count). The zero-order valence-corrected chi connectivity index (χ0v) is 18.3. The maximum atomic E-state index is 13.8. The predicted octanol–water partition coefficient (Wildman–Crippen LogP) is 2.90. The van der Waals surface area contributed by atoms with Gasteiger partial charge in [0.2, 0.25) is 11.8 Å². The van der Waals surface area contributed by atoms with Crippen LogP contribution in [0.5, 0.6) is 0 Å². The number of benzene rings is 1. The van der Waals surface area contributed by atoms with Crippen molar-refractivity contribution in [1.29, 1.82) is 0 Å². The second kappa shape index (κ2) is 9.30. The minimum absolute atomic E-state index is 0.0446. The lowest BCUT2D eigenvalue weighted by molar-refractivity contribution is -0.131. The molecule has 1 fully saturated rings. The topological polar surface area (TPSA) is 65.5 Å². The van der Waals surface area contributed by atoms with Crippen LogP contribution in [0, 0.1) is 17.6 Å². The Morgan fingerprint density at radius 1 is 1.23 bits per heavy atom. The second-order valence-corrected chi connectivity index (χ2v) is 9.04. The van der Waals surface area contributed by atoms with E-state index in [4.69, 9.17) is 4.98 Å². The fourth-order valence-electron chi connectivity index (χ4n) is 4.08. The van der Waals surface area contributed by atoms with Gasteiger partial charge < -0.3 is 15.1 Å². The van der Waals surface area contributed by atoms with Gasteiger partial charge in [0.1, 0.15) is 11.6 Å². The molecule has 1 aromatic carbocycles. The van der Waals surface area contributed by atoms with Crippen molar-refractivity contribution in [1.82, 2.24) is 15.2 Å². The van der Waals surface area contributed by atoms with Gasteiger partial charge in [0, 0.05) is 61.6 Å². The highest BCUT2D eigenvalue weighted by molar-refractivity contribution is 7.15. The van der Waals surface area contributed by atoms with Crippen molar-refractivity contribution in [2.45, 2.75) is 39.2 Å². The zero-order chi connectivity index (χ0) is 22.0. The van der Waals surface area contributed by atoms with E-state index in [0.29, 0.717) is 32.4 Å². The van der Waals surface area contributed by atoms with E-state index in [0.717, 1.165) is 41.3 Å². The van der Waals surface area contributed by atoms with Gasteiger partial charge in [-0.3, -0.25) is 9.59 Å². The van der Waals surface area contributed by atoms with Crippen LogP contribution in [-0.4, -0.2) is 47.9 Å². The first kappa shape index (κ1) is 21.7. The number of carbonyl (C=O) groups is 2. The molecule has 9 heteroatoms. The number of carbonyl (C=O) groups excluding carboxylic acids is 2. The van der Waals surface area contributed by atoms with E-state index < -0.39 is 11.6 Å². The lowest BCUT2D eigenvalue weighted by Crippen LogP contribution is -2.48. The number of amides is 2. The van der Waals surface area contributed by atoms with E-state index in [9.17, 15) is 18.4 Å². The fourth-order valence-corrected chi connectivity index (χ4v) is 5.32. The highest BCUT2D eigenvalue weighted by atomic mass is 32.1. The van der Waals surface area contributed by atoms with Crippen LogP contribution in [0.4, 0.5) is 13.9 Å². The summed E-state index contributed by atoms with van der Waals surface area (Å²) >= 11 is 1.63. The summed E-state index contributed by atoms with van der Waals surface area (Å²) in [5.41, 5.74) is 1.33. The first-order valence-electron chi connectivity index (χ1n) is 10.7. The highest BCUT2D eigenvalue weighted by Crippen LogP contribution is 2.34. The number of anilines is 1. The third-order valence-corrected chi connectivity index (χ3v) is 7.15. The number of rotatable bonds is 5. The molecule has 6 nitrogen and oxygen atoms in total. The van der Waals surface area contributed by atoms with Crippen LogP contribution >= 0.6 is 11.3 Å². The standard InChI is InChI=1S/C22H26F2N4O2S/c1-2-20(29)27-7-9-28(10-8-27)22-26-18-6-4-14(11-19(18)31-22)21(30)25-13-15-3-5-16(23)12-17(15)24/h3,5,12,14H,2,4,6-11,13H2,1H3,(H,25,30). The highest BCUT2D eigenvalue weighted by Gasteiger charge is 2.29. The van der Waals surface area contributed by atoms with Gasteiger partial charge in [0.05, 0.1) is 5.69 Å². The van der Waals surface area contributed by atoms with Crippen LogP contribution < -0.4 is 10.2 Å². The molecule has 0 saturated carbocycles. The van der Waals surface area contributed by atoms with E-state index in [1.54, 1.807) is 11.3 Å². The maximum Gasteiger partial charge on any atom is 0.223 e. The van der Waals surface area contributed by atoms with Crippen molar-refractivity contribution in [2.24, 2.45) is 5.92 Å². The molecule has 2 aliphatic rings. The Bertz CT molecular complexity index is 972. The smallest absolute Gasteiger partial charge is 0.223 e. The molecule has 1 atom stereocenters. The van der Waals surface area contributed by atoms with Crippen molar-refractivity contribution in [2.75, 3.05) is 31.1 Å². The van der Waals surface area contributed by atoms with Crippen LogP contribution in [0.2, 0.25) is 0 Å². The molecule has 2 amide bonds.